The van der Waals surface area contributed by atoms with E-state index in [-0.39, 0.29) is 11.8 Å². The SMILES string of the molecule is COc1ccc(OC)c(CN2C[C@H]3CCC[C@H](C2)C3(O)c2ccccn2)c1. The van der Waals surface area contributed by atoms with E-state index in [0.29, 0.717) is 0 Å². The van der Waals surface area contributed by atoms with E-state index in [1.165, 1.54) is 6.42 Å². The number of benzene rings is 1. The molecule has 1 saturated heterocycles. The second-order valence-corrected chi connectivity index (χ2v) is 7.74. The molecule has 5 heteroatoms. The first-order valence-corrected chi connectivity index (χ1v) is 9.72. The molecule has 144 valence electrons. The smallest absolute Gasteiger partial charge is 0.123 e. The van der Waals surface area contributed by atoms with Gasteiger partial charge in [-0.05, 0) is 43.2 Å². The zero-order chi connectivity index (χ0) is 18.9. The molecule has 2 aliphatic rings. The zero-order valence-electron chi connectivity index (χ0n) is 16.1. The van der Waals surface area contributed by atoms with E-state index in [0.717, 1.165) is 55.2 Å². The van der Waals surface area contributed by atoms with Gasteiger partial charge in [0.15, 0.2) is 0 Å². The average molecular weight is 368 g/mol. The van der Waals surface area contributed by atoms with Crippen LogP contribution >= 0.6 is 0 Å². The summed E-state index contributed by atoms with van der Waals surface area (Å²) in [7, 11) is 3.39. The number of hydrogen-bond donors (Lipinski definition) is 1. The third-order valence-corrected chi connectivity index (χ3v) is 6.26. The summed E-state index contributed by atoms with van der Waals surface area (Å²) in [5.74, 6) is 2.13. The Balaban J connectivity index is 1.58. The number of likely N-dealkylation sites (tertiary alicyclic amines) is 1. The predicted molar refractivity (Wildman–Crippen MR) is 104 cm³/mol. The Morgan fingerprint density at radius 2 is 1.89 bits per heavy atom. The van der Waals surface area contributed by atoms with Crippen LogP contribution in [0, 0.1) is 11.8 Å². The van der Waals surface area contributed by atoms with Gasteiger partial charge in [0.05, 0.1) is 19.9 Å². The fraction of sp³-hybridized carbons (Fsp3) is 0.500. The lowest BCUT2D eigenvalue weighted by Gasteiger charge is -2.52. The molecule has 4 rings (SSSR count). The fourth-order valence-corrected chi connectivity index (χ4v) is 4.94. The summed E-state index contributed by atoms with van der Waals surface area (Å²) in [5.41, 5.74) is 1.14. The van der Waals surface area contributed by atoms with Crippen molar-refractivity contribution in [1.82, 2.24) is 9.88 Å². The number of methoxy groups -OCH3 is 2. The quantitative estimate of drug-likeness (QED) is 0.878. The monoisotopic (exact) mass is 368 g/mol. The van der Waals surface area contributed by atoms with Crippen molar-refractivity contribution in [2.24, 2.45) is 11.8 Å². The van der Waals surface area contributed by atoms with Gasteiger partial charge in [0.25, 0.3) is 0 Å². The molecule has 0 amide bonds. The van der Waals surface area contributed by atoms with Crippen molar-refractivity contribution in [3.8, 4) is 11.5 Å². The summed E-state index contributed by atoms with van der Waals surface area (Å²) in [5, 5.41) is 11.7. The topological polar surface area (TPSA) is 54.8 Å². The Morgan fingerprint density at radius 3 is 2.52 bits per heavy atom. The number of nitrogens with zero attached hydrogens (tertiary/aromatic N) is 2. The predicted octanol–water partition coefficient (Wildman–Crippen LogP) is 3.22. The molecule has 2 aromatic rings. The molecule has 0 radical (unpaired) electrons. The van der Waals surface area contributed by atoms with Crippen molar-refractivity contribution in [2.75, 3.05) is 27.3 Å². The molecule has 2 bridgehead atoms. The number of aliphatic hydroxyl groups is 1. The molecular formula is C22H28N2O3. The van der Waals surface area contributed by atoms with Crippen molar-refractivity contribution >= 4 is 0 Å². The maximum Gasteiger partial charge on any atom is 0.123 e. The minimum Gasteiger partial charge on any atom is -0.497 e. The standard InChI is InChI=1S/C22H28N2O3/c1-26-19-9-10-20(27-2)16(12-19)13-24-14-17-6-5-7-18(15-24)22(17,25)21-8-3-4-11-23-21/h3-4,8-12,17-18,25H,5-7,13-15H2,1-2H3/t17-,18-/m1/s1. The second-order valence-electron chi connectivity index (χ2n) is 7.74. The second kappa shape index (κ2) is 7.49. The van der Waals surface area contributed by atoms with Crippen LogP contribution in [0.5, 0.6) is 11.5 Å². The highest BCUT2D eigenvalue weighted by molar-refractivity contribution is 5.40. The number of rotatable bonds is 5. The molecule has 0 spiro atoms. The average Bonchev–Trinajstić information content (AvgIpc) is 2.69. The van der Waals surface area contributed by atoms with E-state index in [1.54, 1.807) is 20.4 Å². The fourth-order valence-electron chi connectivity index (χ4n) is 4.94. The van der Waals surface area contributed by atoms with Gasteiger partial charge in [-0.1, -0.05) is 12.5 Å². The zero-order valence-corrected chi connectivity index (χ0v) is 16.1. The molecule has 1 aliphatic carbocycles. The van der Waals surface area contributed by atoms with Crippen LogP contribution in [0.3, 0.4) is 0 Å². The number of piperidine rings is 1. The molecular weight excluding hydrogens is 340 g/mol. The molecule has 2 fully saturated rings. The molecule has 1 aromatic carbocycles. The maximum absolute atomic E-state index is 11.7. The van der Waals surface area contributed by atoms with Gasteiger partial charge in [0.2, 0.25) is 0 Å². The lowest BCUT2D eigenvalue weighted by molar-refractivity contribution is -0.151. The lowest BCUT2D eigenvalue weighted by Crippen LogP contribution is -2.58. The van der Waals surface area contributed by atoms with Crippen LogP contribution < -0.4 is 9.47 Å². The van der Waals surface area contributed by atoms with Gasteiger partial charge < -0.3 is 14.6 Å². The van der Waals surface area contributed by atoms with Crippen LogP contribution in [0.25, 0.3) is 0 Å². The molecule has 1 N–H and O–H groups in total. The molecule has 1 saturated carbocycles. The number of aromatic nitrogens is 1. The molecule has 1 aromatic heterocycles. The number of hydrogen-bond acceptors (Lipinski definition) is 5. The minimum absolute atomic E-state index is 0.205. The Hall–Kier alpha value is -2.11. The summed E-state index contributed by atoms with van der Waals surface area (Å²) < 4.78 is 10.9. The first kappa shape index (κ1) is 18.3. The lowest BCUT2D eigenvalue weighted by atomic mass is 9.64. The molecule has 1 aliphatic heterocycles. The van der Waals surface area contributed by atoms with Crippen molar-refractivity contribution in [3.63, 3.8) is 0 Å². The largest absolute Gasteiger partial charge is 0.497 e. The van der Waals surface area contributed by atoms with Gasteiger partial charge in [-0.3, -0.25) is 9.88 Å². The number of pyridine rings is 1. The third kappa shape index (κ3) is 3.30. The van der Waals surface area contributed by atoms with Gasteiger partial charge >= 0.3 is 0 Å². The first-order chi connectivity index (χ1) is 13.1. The van der Waals surface area contributed by atoms with Crippen molar-refractivity contribution in [3.05, 3.63) is 53.9 Å². The number of ether oxygens (including phenoxy) is 2. The molecule has 2 atom stereocenters. The third-order valence-electron chi connectivity index (χ3n) is 6.26. The van der Waals surface area contributed by atoms with E-state index in [4.69, 9.17) is 9.47 Å². The highest BCUT2D eigenvalue weighted by Gasteiger charge is 2.52. The van der Waals surface area contributed by atoms with Gasteiger partial charge in [0.1, 0.15) is 17.1 Å². The highest BCUT2D eigenvalue weighted by Crippen LogP contribution is 2.48. The van der Waals surface area contributed by atoms with Crippen LogP contribution in [-0.2, 0) is 12.1 Å². The van der Waals surface area contributed by atoms with E-state index in [2.05, 4.69) is 9.88 Å². The Kier molecular flexibility index (Phi) is 5.06. The van der Waals surface area contributed by atoms with Crippen LogP contribution in [0.15, 0.2) is 42.6 Å². The molecule has 5 nitrogen and oxygen atoms in total. The van der Waals surface area contributed by atoms with Gasteiger partial charge in [-0.25, -0.2) is 0 Å². The van der Waals surface area contributed by atoms with E-state index in [1.807, 2.05) is 36.4 Å². The molecule has 2 heterocycles. The van der Waals surface area contributed by atoms with E-state index < -0.39 is 5.60 Å². The molecule has 0 unspecified atom stereocenters. The van der Waals surface area contributed by atoms with Crippen LogP contribution in [0.2, 0.25) is 0 Å². The van der Waals surface area contributed by atoms with Crippen molar-refractivity contribution < 1.29 is 14.6 Å². The normalized spacial score (nSPS) is 28.0. The number of fused-ring (bicyclic) bond motifs is 2. The summed E-state index contributed by atoms with van der Waals surface area (Å²) in [6, 6.07) is 11.8. The summed E-state index contributed by atoms with van der Waals surface area (Å²) in [6.07, 6.45) is 5.04. The van der Waals surface area contributed by atoms with E-state index >= 15 is 0 Å². The summed E-state index contributed by atoms with van der Waals surface area (Å²) in [4.78, 5) is 6.96. The van der Waals surface area contributed by atoms with Crippen molar-refractivity contribution in [2.45, 2.75) is 31.4 Å². The Bertz CT molecular complexity index is 766. The van der Waals surface area contributed by atoms with Crippen molar-refractivity contribution in [1.29, 1.82) is 0 Å². The summed E-state index contributed by atoms with van der Waals surface area (Å²) in [6.45, 7) is 2.53. The van der Waals surface area contributed by atoms with E-state index in [9.17, 15) is 5.11 Å². The van der Waals surface area contributed by atoms with Gasteiger partial charge in [-0.2, -0.15) is 0 Å². The Labute approximate surface area is 160 Å². The minimum atomic E-state index is -0.811. The van der Waals surface area contributed by atoms with Gasteiger partial charge in [-0.15, -0.1) is 0 Å². The van der Waals surface area contributed by atoms with Crippen LogP contribution in [0.4, 0.5) is 0 Å². The first-order valence-electron chi connectivity index (χ1n) is 9.72. The van der Waals surface area contributed by atoms with Gasteiger partial charge in [0, 0.05) is 43.2 Å². The highest BCUT2D eigenvalue weighted by atomic mass is 16.5. The van der Waals surface area contributed by atoms with Crippen LogP contribution in [0.1, 0.15) is 30.5 Å². The molecule has 27 heavy (non-hydrogen) atoms. The summed E-state index contributed by atoms with van der Waals surface area (Å²) >= 11 is 0. The maximum atomic E-state index is 11.7. The van der Waals surface area contributed by atoms with Crippen LogP contribution in [-0.4, -0.2) is 42.3 Å². The Morgan fingerprint density at radius 1 is 1.11 bits per heavy atom.